The Balaban J connectivity index is 1.57. The first-order valence-corrected chi connectivity index (χ1v) is 9.89. The first-order chi connectivity index (χ1) is 14.4. The van der Waals surface area contributed by atoms with Crippen molar-refractivity contribution in [3.63, 3.8) is 0 Å². The molecule has 0 fully saturated rings. The number of hydrogen-bond donors (Lipinski definition) is 0. The summed E-state index contributed by atoms with van der Waals surface area (Å²) in [7, 11) is 1.59. The first kappa shape index (κ1) is 20.1. The second-order valence-corrected chi connectivity index (χ2v) is 7.65. The van der Waals surface area contributed by atoms with Gasteiger partial charge < -0.3 is 9.64 Å². The number of rotatable bonds is 4. The Morgan fingerprint density at radius 1 is 1.13 bits per heavy atom. The summed E-state index contributed by atoms with van der Waals surface area (Å²) in [6, 6.07) is 18.8. The first-order valence-electron chi connectivity index (χ1n) is 9.51. The third kappa shape index (κ3) is 3.94. The van der Waals surface area contributed by atoms with Crippen molar-refractivity contribution in [1.29, 1.82) is 0 Å². The molecule has 1 heterocycles. The minimum atomic E-state index is -0.457. The minimum Gasteiger partial charge on any atom is -0.454 e. The van der Waals surface area contributed by atoms with Gasteiger partial charge in [0.2, 0.25) is 0 Å². The number of carbonyl (C=O) groups is 2. The smallest absolute Gasteiger partial charge is 0.339 e. The number of carbonyl (C=O) groups excluding carboxylic acids is 2. The Labute approximate surface area is 178 Å². The molecule has 1 aliphatic heterocycles. The van der Waals surface area contributed by atoms with Gasteiger partial charge >= 0.3 is 5.97 Å². The van der Waals surface area contributed by atoms with Crippen LogP contribution in [0.1, 0.15) is 43.5 Å². The van der Waals surface area contributed by atoms with E-state index in [1.807, 2.05) is 30.3 Å². The summed E-state index contributed by atoms with van der Waals surface area (Å²) in [6.07, 6.45) is 0.0845. The largest absolute Gasteiger partial charge is 0.454 e. The molecule has 0 spiro atoms. The molecular formula is C24H19ClFNO3. The van der Waals surface area contributed by atoms with Crippen LogP contribution in [0.5, 0.6) is 0 Å². The zero-order chi connectivity index (χ0) is 21.3. The number of hydrogen-bond acceptors (Lipinski definition) is 3. The molecule has 0 saturated heterocycles. The van der Waals surface area contributed by atoms with E-state index in [0.717, 1.165) is 11.1 Å². The van der Waals surface area contributed by atoms with Crippen molar-refractivity contribution < 1.29 is 18.7 Å². The molecule has 1 atom stereocenters. The van der Waals surface area contributed by atoms with Crippen LogP contribution in [0.3, 0.4) is 0 Å². The van der Waals surface area contributed by atoms with Crippen molar-refractivity contribution in [3.8, 4) is 0 Å². The maximum atomic E-state index is 14.1. The molecule has 152 valence electrons. The lowest BCUT2D eigenvalue weighted by atomic mass is 9.93. The number of ether oxygens (including phenoxy) is 1. The van der Waals surface area contributed by atoms with Crippen LogP contribution >= 0.6 is 11.6 Å². The quantitative estimate of drug-likeness (QED) is 0.541. The third-order valence-corrected chi connectivity index (χ3v) is 5.56. The van der Waals surface area contributed by atoms with Crippen molar-refractivity contribution >= 4 is 23.5 Å². The molecule has 30 heavy (non-hydrogen) atoms. The molecule has 0 aromatic heterocycles. The van der Waals surface area contributed by atoms with Crippen LogP contribution in [-0.2, 0) is 17.7 Å². The summed E-state index contributed by atoms with van der Waals surface area (Å²) in [5.74, 6) is -1.15. The van der Waals surface area contributed by atoms with Gasteiger partial charge in [-0.15, -0.1) is 0 Å². The highest BCUT2D eigenvalue weighted by atomic mass is 35.5. The van der Waals surface area contributed by atoms with E-state index in [-0.39, 0.29) is 23.0 Å². The van der Waals surface area contributed by atoms with Crippen LogP contribution in [0.25, 0.3) is 0 Å². The van der Waals surface area contributed by atoms with Gasteiger partial charge in [0.1, 0.15) is 11.9 Å². The van der Waals surface area contributed by atoms with E-state index in [9.17, 15) is 14.0 Å². The summed E-state index contributed by atoms with van der Waals surface area (Å²) in [6.45, 7) is 0.0378. The van der Waals surface area contributed by atoms with Gasteiger partial charge in [-0.2, -0.15) is 0 Å². The van der Waals surface area contributed by atoms with E-state index in [1.54, 1.807) is 31.3 Å². The molecule has 4 nitrogen and oxygen atoms in total. The van der Waals surface area contributed by atoms with Crippen molar-refractivity contribution in [3.05, 3.63) is 105 Å². The van der Waals surface area contributed by atoms with E-state index in [4.69, 9.17) is 16.3 Å². The van der Waals surface area contributed by atoms with Gasteiger partial charge in [0.25, 0.3) is 5.91 Å². The third-order valence-electron chi connectivity index (χ3n) is 5.20. The van der Waals surface area contributed by atoms with E-state index in [2.05, 4.69) is 0 Å². The molecule has 3 aromatic carbocycles. The fourth-order valence-electron chi connectivity index (χ4n) is 3.60. The highest BCUT2D eigenvalue weighted by molar-refractivity contribution is 6.31. The number of nitrogens with zero attached hydrogens (tertiary/aromatic N) is 1. The lowest BCUT2D eigenvalue weighted by molar-refractivity contribution is 0.0252. The zero-order valence-electron chi connectivity index (χ0n) is 16.3. The Bertz CT molecular complexity index is 1100. The molecule has 1 aliphatic rings. The summed E-state index contributed by atoms with van der Waals surface area (Å²) in [4.78, 5) is 26.8. The Hall–Kier alpha value is -3.18. The monoisotopic (exact) mass is 423 g/mol. The van der Waals surface area contributed by atoms with Gasteiger partial charge in [0, 0.05) is 36.2 Å². The topological polar surface area (TPSA) is 46.6 Å². The lowest BCUT2D eigenvalue weighted by Gasteiger charge is -2.26. The Kier molecular flexibility index (Phi) is 5.55. The number of halogens is 2. The summed E-state index contributed by atoms with van der Waals surface area (Å²) in [5.41, 5.74) is 2.80. The molecule has 0 bridgehead atoms. The average molecular weight is 424 g/mol. The summed E-state index contributed by atoms with van der Waals surface area (Å²) in [5, 5.41) is 0.272. The lowest BCUT2D eigenvalue weighted by Crippen LogP contribution is -2.28. The van der Waals surface area contributed by atoms with Crippen LogP contribution < -0.4 is 0 Å². The predicted molar refractivity (Wildman–Crippen MR) is 112 cm³/mol. The minimum absolute atomic E-state index is 0.0378. The van der Waals surface area contributed by atoms with E-state index >= 15 is 0 Å². The van der Waals surface area contributed by atoms with Crippen molar-refractivity contribution in [2.75, 3.05) is 7.05 Å². The highest BCUT2D eigenvalue weighted by Gasteiger charge is 2.28. The van der Waals surface area contributed by atoms with Gasteiger partial charge in [-0.3, -0.25) is 4.79 Å². The van der Waals surface area contributed by atoms with Crippen LogP contribution in [0, 0.1) is 5.82 Å². The standard InChI is InChI=1S/C24H19ClFNO3/c1-27(14-19-20(25)8-5-9-21(19)26)23(28)16-10-11-18-17(12-16)13-22(30-24(18)29)15-6-3-2-4-7-15/h2-12,22H,13-14H2,1H3/t22-/m0/s1. The summed E-state index contributed by atoms with van der Waals surface area (Å²) >= 11 is 6.08. The van der Waals surface area contributed by atoms with Crippen molar-refractivity contribution in [2.24, 2.45) is 0 Å². The second kappa shape index (κ2) is 8.28. The molecule has 1 amide bonds. The molecule has 3 aromatic rings. The Morgan fingerprint density at radius 3 is 2.63 bits per heavy atom. The zero-order valence-corrected chi connectivity index (χ0v) is 17.0. The molecule has 0 saturated carbocycles. The SMILES string of the molecule is CN(Cc1c(F)cccc1Cl)C(=O)c1ccc2c(c1)C[C@@H](c1ccccc1)OC2=O. The predicted octanol–water partition coefficient (Wildman–Crippen LogP) is 5.21. The fourth-order valence-corrected chi connectivity index (χ4v) is 3.82. The second-order valence-electron chi connectivity index (χ2n) is 7.24. The number of amides is 1. The van der Waals surface area contributed by atoms with Crippen molar-refractivity contribution in [1.82, 2.24) is 4.90 Å². The number of benzene rings is 3. The van der Waals surface area contributed by atoms with Crippen LogP contribution in [0.4, 0.5) is 4.39 Å². The number of cyclic esters (lactones) is 1. The van der Waals surface area contributed by atoms with Gasteiger partial charge in [0.15, 0.2) is 0 Å². The number of fused-ring (bicyclic) bond motifs is 1. The molecule has 0 aliphatic carbocycles. The highest BCUT2D eigenvalue weighted by Crippen LogP contribution is 2.31. The van der Waals surface area contributed by atoms with Gasteiger partial charge in [-0.05, 0) is 41.5 Å². The maximum Gasteiger partial charge on any atom is 0.339 e. The van der Waals surface area contributed by atoms with Crippen LogP contribution in [0.15, 0.2) is 66.7 Å². The normalized spacial score (nSPS) is 15.3. The van der Waals surface area contributed by atoms with Gasteiger partial charge in [-0.25, -0.2) is 9.18 Å². The molecule has 0 radical (unpaired) electrons. The van der Waals surface area contributed by atoms with E-state index < -0.39 is 17.9 Å². The Morgan fingerprint density at radius 2 is 1.90 bits per heavy atom. The molecule has 6 heteroatoms. The molecule has 0 N–H and O–H groups in total. The van der Waals surface area contributed by atoms with Crippen LogP contribution in [0.2, 0.25) is 5.02 Å². The van der Waals surface area contributed by atoms with E-state index in [1.165, 1.54) is 17.0 Å². The van der Waals surface area contributed by atoms with Crippen LogP contribution in [-0.4, -0.2) is 23.8 Å². The van der Waals surface area contributed by atoms with Gasteiger partial charge in [0.05, 0.1) is 5.56 Å². The van der Waals surface area contributed by atoms with Gasteiger partial charge in [-0.1, -0.05) is 48.0 Å². The summed E-state index contributed by atoms with van der Waals surface area (Å²) < 4.78 is 19.6. The maximum absolute atomic E-state index is 14.1. The molecule has 4 rings (SSSR count). The fraction of sp³-hybridized carbons (Fsp3) is 0.167. The molecule has 0 unspecified atom stereocenters. The number of esters is 1. The van der Waals surface area contributed by atoms with Crippen molar-refractivity contribution in [2.45, 2.75) is 19.1 Å². The molecular weight excluding hydrogens is 405 g/mol. The van der Waals surface area contributed by atoms with E-state index in [0.29, 0.717) is 17.5 Å². The average Bonchev–Trinajstić information content (AvgIpc) is 2.76.